The van der Waals surface area contributed by atoms with Crippen molar-refractivity contribution in [2.24, 2.45) is 0 Å². The zero-order valence-electron chi connectivity index (χ0n) is 17.8. The Kier molecular flexibility index (Phi) is 6.47. The molecule has 3 heterocycles. The Balaban J connectivity index is 1.82. The summed E-state index contributed by atoms with van der Waals surface area (Å²) in [5.41, 5.74) is -1.21. The monoisotopic (exact) mass is 458 g/mol. The first-order valence-electron chi connectivity index (χ1n) is 9.79. The normalized spacial score (nSPS) is 15.9. The van der Waals surface area contributed by atoms with Gasteiger partial charge in [0.1, 0.15) is 11.4 Å². The molecule has 170 valence electrons. The van der Waals surface area contributed by atoms with Crippen LogP contribution < -0.4 is 10.2 Å². The summed E-state index contributed by atoms with van der Waals surface area (Å²) in [6.07, 6.45) is -4.57. The number of rotatable bonds is 4. The molecule has 7 nitrogen and oxygen atoms in total. The summed E-state index contributed by atoms with van der Waals surface area (Å²) in [7, 11) is 1.42. The van der Waals surface area contributed by atoms with Crippen molar-refractivity contribution in [1.82, 2.24) is 15.2 Å². The molecule has 1 amide bonds. The van der Waals surface area contributed by atoms with Crippen LogP contribution in [-0.4, -0.2) is 67.1 Å². The van der Waals surface area contributed by atoms with E-state index < -0.39 is 23.2 Å². The summed E-state index contributed by atoms with van der Waals surface area (Å²) in [5.74, 6) is -0.653. The molecule has 1 aliphatic rings. The number of alkyl halides is 3. The van der Waals surface area contributed by atoms with Crippen LogP contribution in [-0.2, 0) is 15.7 Å². The highest BCUT2D eigenvalue weighted by atomic mass is 32.1. The molecule has 1 fully saturated rings. The highest BCUT2D eigenvalue weighted by molar-refractivity contribution is 7.17. The number of thiophene rings is 1. The van der Waals surface area contributed by atoms with Gasteiger partial charge >= 0.3 is 12.1 Å². The van der Waals surface area contributed by atoms with E-state index in [9.17, 15) is 22.8 Å². The van der Waals surface area contributed by atoms with Crippen LogP contribution in [0.3, 0.4) is 0 Å². The number of fused-ring (bicyclic) bond motifs is 1. The lowest BCUT2D eigenvalue weighted by Gasteiger charge is -2.35. The van der Waals surface area contributed by atoms with Gasteiger partial charge in [-0.25, -0.2) is 4.98 Å². The lowest BCUT2D eigenvalue weighted by molar-refractivity contribution is -0.156. The fraction of sp³-hybridized carbons (Fsp3) is 0.550. The number of piperazine rings is 1. The number of amides is 1. The fourth-order valence-corrected chi connectivity index (χ4v) is 4.38. The number of esters is 1. The molecule has 2 aromatic heterocycles. The Morgan fingerprint density at radius 1 is 1.19 bits per heavy atom. The van der Waals surface area contributed by atoms with Crippen LogP contribution in [0, 0.1) is 0 Å². The molecule has 0 aliphatic carbocycles. The third-order valence-electron chi connectivity index (χ3n) is 4.76. The van der Waals surface area contributed by atoms with Gasteiger partial charge < -0.3 is 15.0 Å². The molecule has 11 heteroatoms. The van der Waals surface area contributed by atoms with E-state index in [1.807, 2.05) is 4.90 Å². The zero-order chi connectivity index (χ0) is 23.0. The Morgan fingerprint density at radius 2 is 1.84 bits per heavy atom. The van der Waals surface area contributed by atoms with Crippen LogP contribution >= 0.6 is 11.3 Å². The Morgan fingerprint density at radius 3 is 2.39 bits per heavy atom. The van der Waals surface area contributed by atoms with Crippen LogP contribution in [0.15, 0.2) is 11.4 Å². The van der Waals surface area contributed by atoms with E-state index >= 15 is 0 Å². The Hall–Kier alpha value is -2.40. The first-order valence-corrected chi connectivity index (χ1v) is 10.7. The number of aromatic nitrogens is 1. The maximum absolute atomic E-state index is 13.7. The minimum Gasteiger partial charge on any atom is -0.459 e. The minimum atomic E-state index is -4.57. The number of ether oxygens (including phenoxy) is 1. The molecule has 0 saturated carbocycles. The number of halogens is 3. The number of pyridine rings is 1. The van der Waals surface area contributed by atoms with E-state index in [-0.39, 0.29) is 34.1 Å². The van der Waals surface area contributed by atoms with Crippen molar-refractivity contribution in [2.45, 2.75) is 32.5 Å². The third-order valence-corrected chi connectivity index (χ3v) is 5.76. The van der Waals surface area contributed by atoms with E-state index in [2.05, 4.69) is 10.3 Å². The smallest absolute Gasteiger partial charge is 0.417 e. The Bertz CT molecular complexity index is 976. The van der Waals surface area contributed by atoms with Crippen LogP contribution in [0.5, 0.6) is 0 Å². The maximum Gasteiger partial charge on any atom is 0.417 e. The van der Waals surface area contributed by atoms with Gasteiger partial charge in [0.25, 0.3) is 5.91 Å². The van der Waals surface area contributed by atoms with Crippen molar-refractivity contribution in [3.63, 3.8) is 0 Å². The second-order valence-electron chi connectivity index (χ2n) is 8.28. The average Bonchev–Trinajstić information content (AvgIpc) is 3.08. The minimum absolute atomic E-state index is 0.0466. The molecule has 1 saturated heterocycles. The molecule has 0 aromatic carbocycles. The molecule has 0 spiro atoms. The molecule has 2 aromatic rings. The van der Waals surface area contributed by atoms with E-state index in [1.165, 1.54) is 12.4 Å². The first-order chi connectivity index (χ1) is 14.4. The van der Waals surface area contributed by atoms with Crippen LogP contribution in [0.1, 0.15) is 36.7 Å². The summed E-state index contributed by atoms with van der Waals surface area (Å²) in [5, 5.41) is 3.84. The lowest BCUT2D eigenvalue weighted by Crippen LogP contribution is -2.49. The second kappa shape index (κ2) is 8.62. The molecular formula is C20H25F3N4O3S. The summed E-state index contributed by atoms with van der Waals surface area (Å²) in [6.45, 7) is 7.26. The van der Waals surface area contributed by atoms with Gasteiger partial charge in [-0.15, -0.1) is 11.3 Å². The van der Waals surface area contributed by atoms with Gasteiger partial charge in [0.05, 0.1) is 27.9 Å². The summed E-state index contributed by atoms with van der Waals surface area (Å²) < 4.78 is 46.4. The molecule has 1 N–H and O–H groups in total. The van der Waals surface area contributed by atoms with E-state index in [4.69, 9.17) is 4.74 Å². The second-order valence-corrected chi connectivity index (χ2v) is 9.16. The molecule has 1 aliphatic heterocycles. The van der Waals surface area contributed by atoms with E-state index in [0.717, 1.165) is 17.4 Å². The molecule has 0 bridgehead atoms. The number of hydrogen-bond acceptors (Lipinski definition) is 7. The largest absolute Gasteiger partial charge is 0.459 e. The van der Waals surface area contributed by atoms with Gasteiger partial charge in [-0.1, -0.05) is 0 Å². The number of carbonyl (C=O) groups is 2. The molecule has 31 heavy (non-hydrogen) atoms. The van der Waals surface area contributed by atoms with Crippen molar-refractivity contribution >= 4 is 39.2 Å². The van der Waals surface area contributed by atoms with Crippen molar-refractivity contribution < 1.29 is 27.5 Å². The van der Waals surface area contributed by atoms with E-state index in [0.29, 0.717) is 26.2 Å². The van der Waals surface area contributed by atoms with Gasteiger partial charge in [-0.05, 0) is 26.8 Å². The topological polar surface area (TPSA) is 74.8 Å². The van der Waals surface area contributed by atoms with Gasteiger partial charge in [-0.3, -0.25) is 14.5 Å². The molecule has 3 rings (SSSR count). The molecule has 0 unspecified atom stereocenters. The highest BCUT2D eigenvalue weighted by Gasteiger charge is 2.36. The maximum atomic E-state index is 13.7. The zero-order valence-corrected chi connectivity index (χ0v) is 18.6. The SMILES string of the molecule is CNC(=O)c1csc2c(C(F)(F)F)cc(N3CCN(CC(=O)OC(C)(C)C)CC3)nc12. The quantitative estimate of drug-likeness (QED) is 0.710. The number of carbonyl (C=O) groups excluding carboxylic acids is 2. The predicted molar refractivity (Wildman–Crippen MR) is 113 cm³/mol. The number of nitrogens with zero attached hydrogens (tertiary/aromatic N) is 3. The third kappa shape index (κ3) is 5.45. The van der Waals surface area contributed by atoms with Gasteiger partial charge in [0.2, 0.25) is 0 Å². The van der Waals surface area contributed by atoms with Crippen molar-refractivity contribution in [3.8, 4) is 0 Å². The van der Waals surface area contributed by atoms with Crippen molar-refractivity contribution in [1.29, 1.82) is 0 Å². The lowest BCUT2D eigenvalue weighted by atomic mass is 10.1. The van der Waals surface area contributed by atoms with Crippen LogP contribution in [0.25, 0.3) is 10.2 Å². The fourth-order valence-electron chi connectivity index (χ4n) is 3.36. The summed E-state index contributed by atoms with van der Waals surface area (Å²) >= 11 is 0.857. The van der Waals surface area contributed by atoms with Crippen molar-refractivity contribution in [2.75, 3.05) is 44.7 Å². The summed E-state index contributed by atoms with van der Waals surface area (Å²) in [4.78, 5) is 32.2. The molecule has 0 atom stereocenters. The first kappa shape index (κ1) is 23.3. The van der Waals surface area contributed by atoms with Gasteiger partial charge in [0, 0.05) is 38.6 Å². The standard InChI is InChI=1S/C20H25F3N4O3S/c1-19(2,3)30-15(28)10-26-5-7-27(8-6-26)14-9-13(20(21,22)23)17-16(25-14)12(11-31-17)18(29)24-4/h9,11H,5-8,10H2,1-4H3,(H,24,29). The average molecular weight is 459 g/mol. The van der Waals surface area contributed by atoms with E-state index in [1.54, 1.807) is 25.7 Å². The summed E-state index contributed by atoms with van der Waals surface area (Å²) in [6, 6.07) is 1.04. The highest BCUT2D eigenvalue weighted by Crippen LogP contribution is 2.40. The molecular weight excluding hydrogens is 433 g/mol. The van der Waals surface area contributed by atoms with Gasteiger partial charge in [-0.2, -0.15) is 13.2 Å². The van der Waals surface area contributed by atoms with Crippen LogP contribution in [0.4, 0.5) is 19.0 Å². The van der Waals surface area contributed by atoms with Crippen molar-refractivity contribution in [3.05, 3.63) is 22.6 Å². The number of anilines is 1. The predicted octanol–water partition coefficient (Wildman–Crippen LogP) is 3.14. The Labute approximate surface area is 182 Å². The number of nitrogens with one attached hydrogen (secondary N) is 1. The van der Waals surface area contributed by atoms with Crippen LogP contribution in [0.2, 0.25) is 0 Å². The number of hydrogen-bond donors (Lipinski definition) is 1. The molecule has 0 radical (unpaired) electrons. The van der Waals surface area contributed by atoms with Gasteiger partial charge in [0.15, 0.2) is 0 Å².